The van der Waals surface area contributed by atoms with Gasteiger partial charge in [0, 0.05) is 4.88 Å². The largest absolute Gasteiger partial charge is 0.280 e. The molecule has 2 N–H and O–H groups in total. The molecule has 104 valence electrons. The number of nitrogens with zero attached hydrogens (tertiary/aromatic N) is 1. The maximum absolute atomic E-state index is 12.4. The number of aryl methyl sites for hydroxylation is 2. The Kier molecular flexibility index (Phi) is 3.69. The van der Waals surface area contributed by atoms with Crippen LogP contribution in [0.25, 0.3) is 0 Å². The fourth-order valence-electron chi connectivity index (χ4n) is 1.98. The Labute approximate surface area is 117 Å². The van der Waals surface area contributed by atoms with Crippen LogP contribution in [0.1, 0.15) is 35.9 Å². The first kappa shape index (κ1) is 14.1. The van der Waals surface area contributed by atoms with Gasteiger partial charge in [0.25, 0.3) is 10.0 Å². The Bertz CT molecular complexity index is 664. The first-order valence-electron chi connectivity index (χ1n) is 5.93. The molecule has 0 fully saturated rings. The minimum atomic E-state index is -3.56. The van der Waals surface area contributed by atoms with Gasteiger partial charge >= 0.3 is 0 Å². The lowest BCUT2D eigenvalue weighted by Gasteiger charge is -2.10. The van der Waals surface area contributed by atoms with Crippen molar-refractivity contribution in [2.75, 3.05) is 4.72 Å². The highest BCUT2D eigenvalue weighted by Crippen LogP contribution is 2.29. The topological polar surface area (TPSA) is 74.8 Å². The molecule has 2 aromatic rings. The highest BCUT2D eigenvalue weighted by Gasteiger charge is 2.23. The second-order valence-electron chi connectivity index (χ2n) is 4.76. The summed E-state index contributed by atoms with van der Waals surface area (Å²) in [6.45, 7) is 7.57. The maximum Gasteiger partial charge on any atom is 0.263 e. The molecule has 19 heavy (non-hydrogen) atoms. The van der Waals surface area contributed by atoms with Gasteiger partial charge < -0.3 is 0 Å². The van der Waals surface area contributed by atoms with Crippen LogP contribution in [0.15, 0.2) is 16.5 Å². The van der Waals surface area contributed by atoms with Crippen molar-refractivity contribution in [3.63, 3.8) is 0 Å². The number of hydrogen-bond donors (Lipinski definition) is 2. The fraction of sp³-hybridized carbons (Fsp3) is 0.417. The second kappa shape index (κ2) is 4.97. The van der Waals surface area contributed by atoms with E-state index in [1.54, 1.807) is 6.92 Å². The van der Waals surface area contributed by atoms with Crippen molar-refractivity contribution < 1.29 is 8.42 Å². The highest BCUT2D eigenvalue weighted by atomic mass is 32.2. The lowest BCUT2D eigenvalue weighted by atomic mass is 10.1. The summed E-state index contributed by atoms with van der Waals surface area (Å²) >= 11 is 1.44. The van der Waals surface area contributed by atoms with Gasteiger partial charge in [0.1, 0.15) is 4.90 Å². The smallest absolute Gasteiger partial charge is 0.263 e. The van der Waals surface area contributed by atoms with Crippen LogP contribution in [0.2, 0.25) is 0 Å². The third-order valence-electron chi connectivity index (χ3n) is 2.85. The molecular formula is C12H17N3O2S2. The zero-order chi connectivity index (χ0) is 14.2. The SMILES string of the molecule is Cc1csc(C)c1S(=O)(=O)Nc1cn[nH]c1C(C)C. The molecule has 2 heterocycles. The molecule has 5 nitrogen and oxygen atoms in total. The number of thiophene rings is 1. The van der Waals surface area contributed by atoms with Crippen molar-refractivity contribution in [3.05, 3.63) is 27.7 Å². The van der Waals surface area contributed by atoms with Crippen molar-refractivity contribution in [2.45, 2.75) is 38.5 Å². The van der Waals surface area contributed by atoms with E-state index < -0.39 is 10.0 Å². The average molecular weight is 299 g/mol. The zero-order valence-corrected chi connectivity index (χ0v) is 12.9. The number of sulfonamides is 1. The standard InChI is InChI=1S/C12H17N3O2S2/c1-7(2)11-10(5-13-14-11)15-19(16,17)12-8(3)6-18-9(12)4/h5-7,15H,1-4H3,(H,13,14). The minimum absolute atomic E-state index is 0.171. The molecule has 0 aromatic carbocycles. The quantitative estimate of drug-likeness (QED) is 0.911. The Morgan fingerprint density at radius 1 is 1.37 bits per heavy atom. The van der Waals surface area contributed by atoms with E-state index in [0.29, 0.717) is 10.6 Å². The normalized spacial score (nSPS) is 12.1. The van der Waals surface area contributed by atoms with Crippen molar-refractivity contribution in [1.82, 2.24) is 10.2 Å². The second-order valence-corrected chi connectivity index (χ2v) is 7.46. The number of aromatic nitrogens is 2. The van der Waals surface area contributed by atoms with Gasteiger partial charge in [0.2, 0.25) is 0 Å². The van der Waals surface area contributed by atoms with Gasteiger partial charge in [0.05, 0.1) is 17.6 Å². The van der Waals surface area contributed by atoms with E-state index in [4.69, 9.17) is 0 Å². The van der Waals surface area contributed by atoms with Crippen molar-refractivity contribution in [3.8, 4) is 0 Å². The molecular weight excluding hydrogens is 282 g/mol. The molecule has 2 aromatic heterocycles. The molecule has 0 saturated heterocycles. The third-order valence-corrected chi connectivity index (χ3v) is 5.66. The highest BCUT2D eigenvalue weighted by molar-refractivity contribution is 7.93. The van der Waals surface area contributed by atoms with E-state index in [1.165, 1.54) is 17.5 Å². The Balaban J connectivity index is 2.40. The summed E-state index contributed by atoms with van der Waals surface area (Å²) in [5.41, 5.74) is 2.07. The summed E-state index contributed by atoms with van der Waals surface area (Å²) < 4.78 is 27.5. The van der Waals surface area contributed by atoms with Crippen LogP contribution in [0.4, 0.5) is 5.69 Å². The molecule has 0 radical (unpaired) electrons. The van der Waals surface area contributed by atoms with Crippen molar-refractivity contribution in [1.29, 1.82) is 0 Å². The maximum atomic E-state index is 12.4. The lowest BCUT2D eigenvalue weighted by molar-refractivity contribution is 0.600. The first-order valence-corrected chi connectivity index (χ1v) is 8.30. The molecule has 0 atom stereocenters. The lowest BCUT2D eigenvalue weighted by Crippen LogP contribution is -2.15. The van der Waals surface area contributed by atoms with E-state index >= 15 is 0 Å². The van der Waals surface area contributed by atoms with Gasteiger partial charge in [0.15, 0.2) is 0 Å². The number of H-pyrrole nitrogens is 1. The average Bonchev–Trinajstić information content (AvgIpc) is 2.85. The number of rotatable bonds is 4. The molecule has 0 aliphatic heterocycles. The summed E-state index contributed by atoms with van der Waals surface area (Å²) in [5, 5.41) is 8.58. The molecule has 0 unspecified atom stereocenters. The van der Waals surface area contributed by atoms with Gasteiger partial charge in [-0.1, -0.05) is 13.8 Å². The summed E-state index contributed by atoms with van der Waals surface area (Å²) in [5.74, 6) is 0.171. The molecule has 7 heteroatoms. The van der Waals surface area contributed by atoms with E-state index in [1.807, 2.05) is 26.2 Å². The van der Waals surface area contributed by atoms with Gasteiger partial charge in [-0.25, -0.2) is 8.42 Å². The summed E-state index contributed by atoms with van der Waals surface area (Å²) in [6.07, 6.45) is 1.50. The Morgan fingerprint density at radius 2 is 2.05 bits per heavy atom. The Hall–Kier alpha value is -1.34. The van der Waals surface area contributed by atoms with Crippen LogP contribution in [0, 0.1) is 13.8 Å². The van der Waals surface area contributed by atoms with Crippen LogP contribution >= 0.6 is 11.3 Å². The number of aromatic amines is 1. The fourth-order valence-corrected chi connectivity index (χ4v) is 4.68. The molecule has 0 aliphatic rings. The van der Waals surface area contributed by atoms with Gasteiger partial charge in [-0.05, 0) is 30.7 Å². The van der Waals surface area contributed by atoms with Gasteiger partial charge in [-0.15, -0.1) is 11.3 Å². The summed E-state index contributed by atoms with van der Waals surface area (Å²) in [4.78, 5) is 1.16. The number of nitrogens with one attached hydrogen (secondary N) is 2. The summed E-state index contributed by atoms with van der Waals surface area (Å²) in [7, 11) is -3.56. The van der Waals surface area contributed by atoms with Crippen LogP contribution in [0.5, 0.6) is 0 Å². The van der Waals surface area contributed by atoms with Crippen LogP contribution in [0.3, 0.4) is 0 Å². The number of hydrogen-bond acceptors (Lipinski definition) is 4. The predicted molar refractivity (Wildman–Crippen MR) is 77.3 cm³/mol. The van der Waals surface area contributed by atoms with Crippen LogP contribution in [-0.2, 0) is 10.0 Å². The van der Waals surface area contributed by atoms with Gasteiger partial charge in [-0.3, -0.25) is 9.82 Å². The van der Waals surface area contributed by atoms with Crippen LogP contribution in [-0.4, -0.2) is 18.6 Å². The van der Waals surface area contributed by atoms with Crippen molar-refractivity contribution in [2.24, 2.45) is 0 Å². The Morgan fingerprint density at radius 3 is 2.58 bits per heavy atom. The molecule has 0 spiro atoms. The van der Waals surface area contributed by atoms with E-state index in [-0.39, 0.29) is 5.92 Å². The van der Waals surface area contributed by atoms with Gasteiger partial charge in [-0.2, -0.15) is 5.10 Å². The molecule has 0 amide bonds. The molecule has 0 bridgehead atoms. The molecule has 2 rings (SSSR count). The van der Waals surface area contributed by atoms with Crippen molar-refractivity contribution >= 4 is 27.0 Å². The van der Waals surface area contributed by atoms with E-state index in [0.717, 1.165) is 16.1 Å². The first-order chi connectivity index (χ1) is 8.83. The summed E-state index contributed by atoms with van der Waals surface area (Å²) in [6, 6.07) is 0. The predicted octanol–water partition coefficient (Wildman–Crippen LogP) is 3.01. The zero-order valence-electron chi connectivity index (χ0n) is 11.3. The third kappa shape index (κ3) is 2.66. The van der Waals surface area contributed by atoms with E-state index in [9.17, 15) is 8.42 Å². The molecule has 0 aliphatic carbocycles. The monoisotopic (exact) mass is 299 g/mol. The van der Waals surface area contributed by atoms with E-state index in [2.05, 4.69) is 14.9 Å². The van der Waals surface area contributed by atoms with Crippen LogP contribution < -0.4 is 4.72 Å². The minimum Gasteiger partial charge on any atom is -0.280 e. The number of anilines is 1. The molecule has 0 saturated carbocycles.